The topological polar surface area (TPSA) is 58.6 Å². The van der Waals surface area contributed by atoms with E-state index in [0.29, 0.717) is 25.4 Å². The van der Waals surface area contributed by atoms with Crippen molar-refractivity contribution >= 4 is 33.1 Å². The molecule has 0 aliphatic heterocycles. The van der Waals surface area contributed by atoms with Gasteiger partial charge in [0.05, 0.1) is 0 Å². The Balaban J connectivity index is 1.65. The lowest BCUT2D eigenvalue weighted by atomic mass is 9.98. The second-order valence-corrected chi connectivity index (χ2v) is 7.19. The van der Waals surface area contributed by atoms with Gasteiger partial charge in [-0.05, 0) is 46.2 Å². The first-order valence-electron chi connectivity index (χ1n) is 9.63. The van der Waals surface area contributed by atoms with Crippen molar-refractivity contribution in [3.63, 3.8) is 0 Å². The van der Waals surface area contributed by atoms with Gasteiger partial charge in [-0.25, -0.2) is 0 Å². The molecular formula is C24H23NO3. The maximum atomic E-state index is 12.6. The molecule has 2 N–H and O–H groups in total. The van der Waals surface area contributed by atoms with Gasteiger partial charge in [-0.2, -0.15) is 0 Å². The number of rotatable bonds is 7. The molecular weight excluding hydrogens is 350 g/mol. The van der Waals surface area contributed by atoms with E-state index in [1.807, 2.05) is 6.07 Å². The highest BCUT2D eigenvalue weighted by Gasteiger charge is 2.25. The van der Waals surface area contributed by atoms with Gasteiger partial charge < -0.3 is 15.2 Å². The fraction of sp³-hybridized carbons (Fsp3) is 0.292. The van der Waals surface area contributed by atoms with Gasteiger partial charge in [-0.3, -0.25) is 4.79 Å². The fourth-order valence-electron chi connectivity index (χ4n) is 4.09. The van der Waals surface area contributed by atoms with Gasteiger partial charge in [0.15, 0.2) is 6.10 Å². The molecule has 142 valence electrons. The highest BCUT2D eigenvalue weighted by Crippen LogP contribution is 2.46. The fourth-order valence-corrected chi connectivity index (χ4v) is 4.09. The molecule has 0 saturated carbocycles. The van der Waals surface area contributed by atoms with Crippen molar-refractivity contribution in [2.24, 2.45) is 0 Å². The summed E-state index contributed by atoms with van der Waals surface area (Å²) >= 11 is 0. The predicted molar refractivity (Wildman–Crippen MR) is 112 cm³/mol. The van der Waals surface area contributed by atoms with E-state index in [1.165, 1.54) is 27.3 Å². The quantitative estimate of drug-likeness (QED) is 0.371. The zero-order valence-corrected chi connectivity index (χ0v) is 15.9. The van der Waals surface area contributed by atoms with Crippen LogP contribution in [0.15, 0.2) is 42.5 Å². The summed E-state index contributed by atoms with van der Waals surface area (Å²) in [5, 5.41) is 16.5. The van der Waals surface area contributed by atoms with Gasteiger partial charge in [-0.1, -0.05) is 49.2 Å². The number of terminal acetylenes is 1. The Morgan fingerprint density at radius 1 is 1.18 bits per heavy atom. The Bertz CT molecular complexity index is 1100. The zero-order chi connectivity index (χ0) is 19.7. The molecule has 2 atom stereocenters. The molecule has 0 heterocycles. The van der Waals surface area contributed by atoms with Crippen molar-refractivity contribution in [3.05, 3.63) is 53.6 Å². The van der Waals surface area contributed by atoms with E-state index in [0.717, 1.165) is 11.1 Å². The highest BCUT2D eigenvalue weighted by molar-refractivity contribution is 6.18. The van der Waals surface area contributed by atoms with Gasteiger partial charge in [0.25, 0.3) is 5.91 Å². The van der Waals surface area contributed by atoms with Crippen LogP contribution in [0, 0.1) is 12.3 Å². The molecule has 0 fully saturated rings. The van der Waals surface area contributed by atoms with Crippen LogP contribution in [-0.4, -0.2) is 30.3 Å². The molecule has 0 radical (unpaired) electrons. The molecule has 4 nitrogen and oxygen atoms in total. The number of amides is 1. The number of carbonyl (C=O) groups is 1. The Morgan fingerprint density at radius 3 is 2.79 bits per heavy atom. The second-order valence-electron chi connectivity index (χ2n) is 7.19. The molecule has 0 bridgehead atoms. The Kier molecular flexibility index (Phi) is 5.04. The normalized spacial score (nSPS) is 15.8. The van der Waals surface area contributed by atoms with Crippen molar-refractivity contribution in [2.75, 3.05) is 18.5 Å². The molecule has 0 spiro atoms. The minimum absolute atomic E-state index is 0.100. The Morgan fingerprint density at radius 2 is 2.00 bits per heavy atom. The average Bonchev–Trinajstić information content (AvgIpc) is 3.01. The van der Waals surface area contributed by atoms with Crippen molar-refractivity contribution in [3.8, 4) is 12.3 Å². The minimum Gasteiger partial charge on any atom is -0.396 e. The second kappa shape index (κ2) is 7.63. The van der Waals surface area contributed by atoms with E-state index in [9.17, 15) is 4.79 Å². The van der Waals surface area contributed by atoms with E-state index in [1.54, 1.807) is 0 Å². The predicted octanol–water partition coefficient (Wildman–Crippen LogP) is 4.19. The van der Waals surface area contributed by atoms with Crippen LogP contribution in [0.25, 0.3) is 21.5 Å². The summed E-state index contributed by atoms with van der Waals surface area (Å²) in [5.74, 6) is 2.40. The number of aliphatic hydroxyl groups excluding tert-OH is 1. The van der Waals surface area contributed by atoms with E-state index in [-0.39, 0.29) is 12.5 Å². The van der Waals surface area contributed by atoms with Crippen LogP contribution in [0.2, 0.25) is 0 Å². The molecule has 3 aromatic rings. The third-order valence-electron chi connectivity index (χ3n) is 5.50. The Labute approximate surface area is 164 Å². The largest absolute Gasteiger partial charge is 0.396 e. The minimum atomic E-state index is -0.950. The third kappa shape index (κ3) is 3.03. The lowest BCUT2D eigenvalue weighted by Crippen LogP contribution is -2.29. The third-order valence-corrected chi connectivity index (χ3v) is 5.50. The SMILES string of the molecule is C#CC(OCCCCO)C(=O)Nc1ccc2c3c1ccc1cccc(c13)C2C. The number of ether oxygens (including phenoxy) is 1. The van der Waals surface area contributed by atoms with Crippen LogP contribution in [-0.2, 0) is 9.53 Å². The maximum absolute atomic E-state index is 12.6. The van der Waals surface area contributed by atoms with Gasteiger partial charge in [0.1, 0.15) is 0 Å². The monoisotopic (exact) mass is 373 g/mol. The van der Waals surface area contributed by atoms with Crippen LogP contribution in [0.1, 0.15) is 36.8 Å². The van der Waals surface area contributed by atoms with Gasteiger partial charge in [0, 0.05) is 30.2 Å². The molecule has 0 aromatic heterocycles. The highest BCUT2D eigenvalue weighted by atomic mass is 16.5. The van der Waals surface area contributed by atoms with E-state index >= 15 is 0 Å². The zero-order valence-electron chi connectivity index (χ0n) is 15.9. The molecule has 4 rings (SSSR count). The number of nitrogens with one attached hydrogen (secondary N) is 1. The van der Waals surface area contributed by atoms with Crippen LogP contribution in [0.4, 0.5) is 5.69 Å². The Hall–Kier alpha value is -2.87. The van der Waals surface area contributed by atoms with Crippen molar-refractivity contribution in [1.29, 1.82) is 0 Å². The van der Waals surface area contributed by atoms with E-state index < -0.39 is 6.10 Å². The average molecular weight is 373 g/mol. The van der Waals surface area contributed by atoms with E-state index in [4.69, 9.17) is 16.3 Å². The summed E-state index contributed by atoms with van der Waals surface area (Å²) < 4.78 is 5.50. The number of benzene rings is 3. The van der Waals surface area contributed by atoms with Crippen molar-refractivity contribution in [1.82, 2.24) is 0 Å². The van der Waals surface area contributed by atoms with E-state index in [2.05, 4.69) is 54.6 Å². The lowest BCUT2D eigenvalue weighted by Gasteiger charge is -2.15. The maximum Gasteiger partial charge on any atom is 0.266 e. The standard InChI is InChI=1S/C24H23NO3/c1-3-21(28-14-5-4-13-26)24(27)25-20-12-11-18-15(2)17-8-6-7-16-9-10-19(20)23(18)22(16)17/h1,6-12,15,21,26H,4-5,13-14H2,2H3,(H,25,27). The number of anilines is 1. The molecule has 2 unspecified atom stereocenters. The van der Waals surface area contributed by atoms with Crippen LogP contribution >= 0.6 is 0 Å². The van der Waals surface area contributed by atoms with Gasteiger partial charge in [0.2, 0.25) is 0 Å². The van der Waals surface area contributed by atoms with Crippen LogP contribution in [0.5, 0.6) is 0 Å². The molecule has 1 aliphatic rings. The number of unbranched alkanes of at least 4 members (excludes halogenated alkanes) is 1. The van der Waals surface area contributed by atoms with Crippen molar-refractivity contribution in [2.45, 2.75) is 31.8 Å². The summed E-state index contributed by atoms with van der Waals surface area (Å²) in [6.45, 7) is 2.66. The summed E-state index contributed by atoms with van der Waals surface area (Å²) in [5.41, 5.74) is 3.36. The van der Waals surface area contributed by atoms with Gasteiger partial charge >= 0.3 is 0 Å². The molecule has 3 aromatic carbocycles. The lowest BCUT2D eigenvalue weighted by molar-refractivity contribution is -0.124. The first-order chi connectivity index (χ1) is 13.7. The molecule has 1 amide bonds. The first-order valence-corrected chi connectivity index (χ1v) is 9.63. The smallest absolute Gasteiger partial charge is 0.266 e. The van der Waals surface area contributed by atoms with Crippen LogP contribution < -0.4 is 5.32 Å². The summed E-state index contributed by atoms with van der Waals surface area (Å²) in [4.78, 5) is 12.6. The number of hydrogen-bond acceptors (Lipinski definition) is 3. The number of hydrogen-bond donors (Lipinski definition) is 2. The first kappa shape index (κ1) is 18.5. The van der Waals surface area contributed by atoms with Crippen molar-refractivity contribution < 1.29 is 14.6 Å². The number of carbonyl (C=O) groups excluding carboxylic acids is 1. The molecule has 1 aliphatic carbocycles. The summed E-state index contributed by atoms with van der Waals surface area (Å²) in [7, 11) is 0. The summed E-state index contributed by atoms with van der Waals surface area (Å²) in [6, 6.07) is 14.6. The molecule has 28 heavy (non-hydrogen) atoms. The summed E-state index contributed by atoms with van der Waals surface area (Å²) in [6.07, 6.45) is 5.83. The molecule has 0 saturated heterocycles. The molecule has 4 heteroatoms. The van der Waals surface area contributed by atoms with Crippen LogP contribution in [0.3, 0.4) is 0 Å². The van der Waals surface area contributed by atoms with Gasteiger partial charge in [-0.15, -0.1) is 6.42 Å². The number of aliphatic hydroxyl groups is 1.